The van der Waals surface area contributed by atoms with Gasteiger partial charge in [-0.15, -0.1) is 0 Å². The molecule has 100 valence electrons. The third-order valence-electron chi connectivity index (χ3n) is 2.39. The van der Waals surface area contributed by atoms with Crippen molar-refractivity contribution >= 4 is 6.29 Å². The minimum atomic E-state index is -4.53. The van der Waals surface area contributed by atoms with Crippen LogP contribution in [0.3, 0.4) is 0 Å². The number of carbonyl (C=O) groups is 1. The molecule has 0 amide bonds. The van der Waals surface area contributed by atoms with Gasteiger partial charge in [0.05, 0.1) is 14.2 Å². The van der Waals surface area contributed by atoms with E-state index >= 15 is 0 Å². The molecule has 0 aliphatic heterocycles. The molecule has 0 aliphatic carbocycles. The highest BCUT2D eigenvalue weighted by Gasteiger charge is 2.36. The molecule has 0 fully saturated rings. The first-order valence-corrected chi connectivity index (χ1v) is 5.19. The normalized spacial score (nSPS) is 11.2. The molecule has 0 aromatic heterocycles. The molecule has 0 spiro atoms. The highest BCUT2D eigenvalue weighted by molar-refractivity contribution is 5.53. The minimum Gasteiger partial charge on any atom is -0.493 e. The summed E-state index contributed by atoms with van der Waals surface area (Å²) in [5.41, 5.74) is -0.516. The summed E-state index contributed by atoms with van der Waals surface area (Å²) in [6.07, 6.45) is -3.49. The lowest BCUT2D eigenvalue weighted by atomic mass is 10.0. The molecule has 0 radical (unpaired) electrons. The molecule has 3 nitrogen and oxygen atoms in total. The van der Waals surface area contributed by atoms with E-state index in [0.29, 0.717) is 11.8 Å². The summed E-state index contributed by atoms with van der Waals surface area (Å²) in [6, 6.07) is 2.42. The van der Waals surface area contributed by atoms with Gasteiger partial charge in [0.2, 0.25) is 0 Å². The number of halogens is 3. The van der Waals surface area contributed by atoms with Gasteiger partial charge in [-0.2, -0.15) is 13.2 Å². The molecule has 0 heterocycles. The van der Waals surface area contributed by atoms with Crippen LogP contribution in [-0.2, 0) is 17.4 Å². The zero-order valence-electron chi connectivity index (χ0n) is 10.0. The van der Waals surface area contributed by atoms with E-state index in [9.17, 15) is 18.0 Å². The highest BCUT2D eigenvalue weighted by atomic mass is 19.4. The fourth-order valence-corrected chi connectivity index (χ4v) is 1.60. The summed E-state index contributed by atoms with van der Waals surface area (Å²) < 4.78 is 48.2. The quantitative estimate of drug-likeness (QED) is 0.765. The lowest BCUT2D eigenvalue weighted by molar-refractivity contribution is -0.138. The van der Waals surface area contributed by atoms with Gasteiger partial charge in [0.15, 0.2) is 11.5 Å². The Bertz CT molecular complexity index is 427. The third-order valence-corrected chi connectivity index (χ3v) is 2.39. The Kier molecular flexibility index (Phi) is 4.58. The van der Waals surface area contributed by atoms with Crippen molar-refractivity contribution in [3.63, 3.8) is 0 Å². The molecule has 0 saturated heterocycles. The molecule has 18 heavy (non-hydrogen) atoms. The van der Waals surface area contributed by atoms with Crippen LogP contribution in [0.1, 0.15) is 17.5 Å². The van der Waals surface area contributed by atoms with Crippen molar-refractivity contribution in [2.45, 2.75) is 19.0 Å². The molecule has 1 rings (SSSR count). The lowest BCUT2D eigenvalue weighted by Gasteiger charge is -2.16. The van der Waals surface area contributed by atoms with E-state index in [-0.39, 0.29) is 24.3 Å². The largest absolute Gasteiger partial charge is 0.493 e. The number of hydrogen-bond donors (Lipinski definition) is 0. The van der Waals surface area contributed by atoms with Crippen LogP contribution in [-0.4, -0.2) is 20.5 Å². The zero-order chi connectivity index (χ0) is 13.8. The van der Waals surface area contributed by atoms with Gasteiger partial charge in [-0.25, -0.2) is 0 Å². The first-order chi connectivity index (χ1) is 8.43. The second-order valence-corrected chi connectivity index (χ2v) is 3.58. The zero-order valence-corrected chi connectivity index (χ0v) is 10.0. The number of aryl methyl sites for hydroxylation is 1. The maximum Gasteiger partial charge on any atom is 0.420 e. The molecule has 0 atom stereocenters. The van der Waals surface area contributed by atoms with Crippen molar-refractivity contribution in [1.82, 2.24) is 0 Å². The van der Waals surface area contributed by atoms with Crippen LogP contribution < -0.4 is 9.47 Å². The standard InChI is InChI=1S/C12H13F3O3/c1-17-10-7-8(4-3-5-16)6-9(11(10)18-2)12(13,14)15/h5-7H,3-4H2,1-2H3. The molecule has 0 unspecified atom stereocenters. The van der Waals surface area contributed by atoms with Crippen LogP contribution in [0.4, 0.5) is 13.2 Å². The average molecular weight is 262 g/mol. The summed E-state index contributed by atoms with van der Waals surface area (Å²) in [4.78, 5) is 10.3. The molecule has 6 heteroatoms. The van der Waals surface area contributed by atoms with E-state index in [0.717, 1.165) is 13.2 Å². The Morgan fingerprint density at radius 1 is 1.22 bits per heavy atom. The van der Waals surface area contributed by atoms with Gasteiger partial charge < -0.3 is 14.3 Å². The van der Waals surface area contributed by atoms with Crippen LogP contribution in [0.5, 0.6) is 11.5 Å². The maximum absolute atomic E-state index is 12.8. The summed E-state index contributed by atoms with van der Waals surface area (Å²) >= 11 is 0. The van der Waals surface area contributed by atoms with Crippen molar-refractivity contribution in [2.75, 3.05) is 14.2 Å². The van der Waals surface area contributed by atoms with Crippen molar-refractivity contribution in [2.24, 2.45) is 0 Å². The van der Waals surface area contributed by atoms with Gasteiger partial charge in [-0.05, 0) is 24.1 Å². The van der Waals surface area contributed by atoms with E-state index in [4.69, 9.17) is 9.47 Å². The Labute approximate surface area is 103 Å². The van der Waals surface area contributed by atoms with E-state index in [1.807, 2.05) is 0 Å². The molecule has 0 saturated carbocycles. The highest BCUT2D eigenvalue weighted by Crippen LogP contribution is 2.42. The number of aldehydes is 1. The minimum absolute atomic E-state index is 0.00761. The first kappa shape index (κ1) is 14.3. The van der Waals surface area contributed by atoms with E-state index < -0.39 is 11.7 Å². The van der Waals surface area contributed by atoms with Crippen molar-refractivity contribution in [3.05, 3.63) is 23.3 Å². The van der Waals surface area contributed by atoms with Crippen LogP contribution >= 0.6 is 0 Å². The summed E-state index contributed by atoms with van der Waals surface area (Å²) in [7, 11) is 2.42. The van der Waals surface area contributed by atoms with Crippen LogP contribution in [0.25, 0.3) is 0 Å². The summed E-state index contributed by atoms with van der Waals surface area (Å²) in [5, 5.41) is 0. The number of carbonyl (C=O) groups excluding carboxylic acids is 1. The molecular formula is C12H13F3O3. The number of benzene rings is 1. The SMILES string of the molecule is COc1cc(CCC=O)cc(C(F)(F)F)c1OC. The molecule has 1 aromatic rings. The second kappa shape index (κ2) is 5.75. The van der Waals surface area contributed by atoms with Crippen LogP contribution in [0.2, 0.25) is 0 Å². The van der Waals surface area contributed by atoms with Gasteiger partial charge in [0, 0.05) is 6.42 Å². The van der Waals surface area contributed by atoms with Gasteiger partial charge >= 0.3 is 6.18 Å². The fraction of sp³-hybridized carbons (Fsp3) is 0.417. The summed E-state index contributed by atoms with van der Waals surface area (Å²) in [5.74, 6) is -0.340. The van der Waals surface area contributed by atoms with E-state index in [2.05, 4.69) is 0 Å². The molecule has 0 N–H and O–H groups in total. The van der Waals surface area contributed by atoms with Crippen molar-refractivity contribution in [3.8, 4) is 11.5 Å². The van der Waals surface area contributed by atoms with E-state index in [1.165, 1.54) is 13.2 Å². The van der Waals surface area contributed by atoms with Crippen LogP contribution in [0.15, 0.2) is 12.1 Å². The Balaban J connectivity index is 3.31. The number of rotatable bonds is 5. The van der Waals surface area contributed by atoms with Gasteiger partial charge in [-0.1, -0.05) is 0 Å². The predicted octanol–water partition coefficient (Wildman–Crippen LogP) is 2.85. The van der Waals surface area contributed by atoms with Gasteiger partial charge in [-0.3, -0.25) is 0 Å². The number of ether oxygens (including phenoxy) is 2. The monoisotopic (exact) mass is 262 g/mol. The van der Waals surface area contributed by atoms with Gasteiger partial charge in [0.1, 0.15) is 11.8 Å². The van der Waals surface area contributed by atoms with Crippen molar-refractivity contribution < 1.29 is 27.4 Å². The Hall–Kier alpha value is -1.72. The second-order valence-electron chi connectivity index (χ2n) is 3.58. The topological polar surface area (TPSA) is 35.5 Å². The Morgan fingerprint density at radius 2 is 1.89 bits per heavy atom. The fourth-order valence-electron chi connectivity index (χ4n) is 1.60. The van der Waals surface area contributed by atoms with Gasteiger partial charge in [0.25, 0.3) is 0 Å². The smallest absolute Gasteiger partial charge is 0.420 e. The number of alkyl halides is 3. The van der Waals surface area contributed by atoms with Crippen LogP contribution in [0, 0.1) is 0 Å². The average Bonchev–Trinajstić information content (AvgIpc) is 2.33. The summed E-state index contributed by atoms with van der Waals surface area (Å²) in [6.45, 7) is 0. The van der Waals surface area contributed by atoms with Crippen molar-refractivity contribution in [1.29, 1.82) is 0 Å². The Morgan fingerprint density at radius 3 is 2.33 bits per heavy atom. The molecule has 0 aliphatic rings. The van der Waals surface area contributed by atoms with E-state index in [1.54, 1.807) is 0 Å². The lowest BCUT2D eigenvalue weighted by Crippen LogP contribution is -2.09. The number of hydrogen-bond acceptors (Lipinski definition) is 3. The first-order valence-electron chi connectivity index (χ1n) is 5.19. The number of methoxy groups -OCH3 is 2. The predicted molar refractivity (Wildman–Crippen MR) is 58.9 cm³/mol. The maximum atomic E-state index is 12.8. The molecule has 0 bridgehead atoms. The third kappa shape index (κ3) is 3.15. The molecule has 1 aromatic carbocycles. The molecular weight excluding hydrogens is 249 g/mol.